The fraction of sp³-hybridized carbons (Fsp3) is 0.364. The number of carbonyl (C=O) groups is 1. The summed E-state index contributed by atoms with van der Waals surface area (Å²) in [6, 6.07) is 4.20. The summed E-state index contributed by atoms with van der Waals surface area (Å²) in [7, 11) is 0. The molecule has 0 aliphatic carbocycles. The predicted molar refractivity (Wildman–Crippen MR) is 65.5 cm³/mol. The number of aldehydes is 1. The zero-order valence-corrected chi connectivity index (χ0v) is 10.1. The number of nitro groups is 1. The maximum Gasteiger partial charge on any atom is 0.270 e. The Morgan fingerprint density at radius 1 is 1.59 bits per heavy atom. The van der Waals surface area contributed by atoms with Gasteiger partial charge in [-0.1, -0.05) is 6.92 Å². The summed E-state index contributed by atoms with van der Waals surface area (Å²) in [6.45, 7) is 1.97. The number of non-ortho nitro benzene ring substituents is 1. The summed E-state index contributed by atoms with van der Waals surface area (Å²) in [5.74, 6) is 0.782. The monoisotopic (exact) mass is 255 g/mol. The van der Waals surface area contributed by atoms with Gasteiger partial charge in [-0.2, -0.15) is 0 Å². The molecule has 0 fully saturated rings. The predicted octanol–water partition coefficient (Wildman–Crippen LogP) is 2.13. The van der Waals surface area contributed by atoms with Crippen molar-refractivity contribution in [1.82, 2.24) is 0 Å². The molecular formula is C11H13NO4S. The van der Waals surface area contributed by atoms with Crippen molar-refractivity contribution < 1.29 is 14.8 Å². The molecule has 1 atom stereocenters. The SMILES string of the molecule is CC(CO)CSc1ccc([N+](=O)[O-])cc1C=O. The number of hydrogen-bond acceptors (Lipinski definition) is 5. The molecule has 17 heavy (non-hydrogen) atoms. The van der Waals surface area contributed by atoms with Gasteiger partial charge in [0.05, 0.1) is 4.92 Å². The molecule has 1 aromatic carbocycles. The lowest BCUT2D eigenvalue weighted by Crippen LogP contribution is -2.03. The van der Waals surface area contributed by atoms with Gasteiger partial charge in [0, 0.05) is 35.0 Å². The Labute approximate surface area is 103 Å². The number of thioether (sulfide) groups is 1. The van der Waals surface area contributed by atoms with Gasteiger partial charge in [0.15, 0.2) is 6.29 Å². The zero-order chi connectivity index (χ0) is 12.8. The van der Waals surface area contributed by atoms with Crippen molar-refractivity contribution in [2.24, 2.45) is 5.92 Å². The van der Waals surface area contributed by atoms with Crippen LogP contribution in [0.2, 0.25) is 0 Å². The summed E-state index contributed by atoms with van der Waals surface area (Å²) < 4.78 is 0. The molecule has 0 heterocycles. The Morgan fingerprint density at radius 3 is 2.82 bits per heavy atom. The van der Waals surface area contributed by atoms with E-state index in [1.54, 1.807) is 6.07 Å². The fourth-order valence-electron chi connectivity index (χ4n) is 1.16. The lowest BCUT2D eigenvalue weighted by atomic mass is 10.2. The van der Waals surface area contributed by atoms with Crippen LogP contribution in [0.15, 0.2) is 23.1 Å². The van der Waals surface area contributed by atoms with Crippen LogP contribution in [0.25, 0.3) is 0 Å². The number of hydrogen-bond donors (Lipinski definition) is 1. The summed E-state index contributed by atoms with van der Waals surface area (Å²) in [6.07, 6.45) is 0.610. The molecule has 6 heteroatoms. The van der Waals surface area contributed by atoms with Crippen LogP contribution < -0.4 is 0 Å². The molecule has 0 bridgehead atoms. The van der Waals surface area contributed by atoms with Crippen molar-refractivity contribution in [2.75, 3.05) is 12.4 Å². The third-order valence-electron chi connectivity index (χ3n) is 2.17. The Bertz CT molecular complexity index is 422. The zero-order valence-electron chi connectivity index (χ0n) is 9.33. The number of nitrogens with zero attached hydrogens (tertiary/aromatic N) is 1. The Morgan fingerprint density at radius 2 is 2.29 bits per heavy atom. The molecule has 1 rings (SSSR count). The third-order valence-corrected chi connectivity index (χ3v) is 3.58. The minimum Gasteiger partial charge on any atom is -0.396 e. The van der Waals surface area contributed by atoms with Crippen LogP contribution in [-0.4, -0.2) is 28.7 Å². The second kappa shape index (κ2) is 6.36. The standard InChI is InChI=1S/C11H13NO4S/c1-8(5-13)7-17-11-3-2-10(12(15)16)4-9(11)6-14/h2-4,6,8,13H,5,7H2,1H3. The van der Waals surface area contributed by atoms with Gasteiger partial charge in [-0.15, -0.1) is 11.8 Å². The number of nitro benzene ring substituents is 1. The van der Waals surface area contributed by atoms with E-state index < -0.39 is 4.92 Å². The first-order valence-corrected chi connectivity index (χ1v) is 6.04. The van der Waals surface area contributed by atoms with Crippen LogP contribution in [-0.2, 0) is 0 Å². The van der Waals surface area contributed by atoms with E-state index in [1.807, 2.05) is 6.92 Å². The highest BCUT2D eigenvalue weighted by molar-refractivity contribution is 7.99. The lowest BCUT2D eigenvalue weighted by Gasteiger charge is -2.08. The molecule has 0 saturated heterocycles. The van der Waals surface area contributed by atoms with Crippen LogP contribution in [0.1, 0.15) is 17.3 Å². The summed E-state index contributed by atoms with van der Waals surface area (Å²) >= 11 is 1.41. The number of aliphatic hydroxyl groups excluding tert-OH is 1. The second-order valence-electron chi connectivity index (χ2n) is 3.70. The molecule has 5 nitrogen and oxygen atoms in total. The Hall–Kier alpha value is -1.40. The maximum absolute atomic E-state index is 10.8. The van der Waals surface area contributed by atoms with Crippen molar-refractivity contribution in [1.29, 1.82) is 0 Å². The van der Waals surface area contributed by atoms with E-state index in [0.717, 1.165) is 0 Å². The minimum atomic E-state index is -0.530. The van der Waals surface area contributed by atoms with E-state index in [-0.39, 0.29) is 18.2 Å². The normalized spacial score (nSPS) is 12.1. The van der Waals surface area contributed by atoms with E-state index in [0.29, 0.717) is 22.5 Å². The van der Waals surface area contributed by atoms with Crippen molar-refractivity contribution in [3.8, 4) is 0 Å². The van der Waals surface area contributed by atoms with Gasteiger partial charge in [0.1, 0.15) is 0 Å². The van der Waals surface area contributed by atoms with E-state index >= 15 is 0 Å². The van der Waals surface area contributed by atoms with Crippen molar-refractivity contribution in [3.05, 3.63) is 33.9 Å². The average Bonchev–Trinajstić information content (AvgIpc) is 2.35. The number of aliphatic hydroxyl groups is 1. The molecule has 0 aliphatic heterocycles. The maximum atomic E-state index is 10.8. The van der Waals surface area contributed by atoms with Gasteiger partial charge >= 0.3 is 0 Å². The van der Waals surface area contributed by atoms with Gasteiger partial charge in [-0.25, -0.2) is 0 Å². The molecule has 0 amide bonds. The van der Waals surface area contributed by atoms with Gasteiger partial charge in [-0.05, 0) is 12.0 Å². The number of carbonyl (C=O) groups excluding carboxylic acids is 1. The van der Waals surface area contributed by atoms with Crippen molar-refractivity contribution in [3.63, 3.8) is 0 Å². The molecule has 0 spiro atoms. The smallest absolute Gasteiger partial charge is 0.270 e. The second-order valence-corrected chi connectivity index (χ2v) is 4.76. The topological polar surface area (TPSA) is 80.4 Å². The van der Waals surface area contributed by atoms with Crippen LogP contribution >= 0.6 is 11.8 Å². The molecular weight excluding hydrogens is 242 g/mol. The Balaban J connectivity index is 2.85. The van der Waals surface area contributed by atoms with E-state index in [1.165, 1.54) is 23.9 Å². The van der Waals surface area contributed by atoms with E-state index in [4.69, 9.17) is 5.11 Å². The first-order chi connectivity index (χ1) is 8.08. The molecule has 1 N–H and O–H groups in total. The van der Waals surface area contributed by atoms with Crippen LogP contribution in [0.5, 0.6) is 0 Å². The van der Waals surface area contributed by atoms with Gasteiger partial charge in [0.25, 0.3) is 5.69 Å². The van der Waals surface area contributed by atoms with Gasteiger partial charge in [0.2, 0.25) is 0 Å². The molecule has 0 aromatic heterocycles. The van der Waals surface area contributed by atoms with Crippen LogP contribution in [0, 0.1) is 16.0 Å². The van der Waals surface area contributed by atoms with Gasteiger partial charge < -0.3 is 5.11 Å². The number of rotatable bonds is 6. The minimum absolute atomic E-state index is 0.0798. The van der Waals surface area contributed by atoms with Crippen LogP contribution in [0.3, 0.4) is 0 Å². The van der Waals surface area contributed by atoms with Crippen LogP contribution in [0.4, 0.5) is 5.69 Å². The molecule has 1 aromatic rings. The van der Waals surface area contributed by atoms with Crippen molar-refractivity contribution in [2.45, 2.75) is 11.8 Å². The molecule has 0 saturated carbocycles. The molecule has 92 valence electrons. The van der Waals surface area contributed by atoms with Gasteiger partial charge in [-0.3, -0.25) is 14.9 Å². The average molecular weight is 255 g/mol. The number of benzene rings is 1. The largest absolute Gasteiger partial charge is 0.396 e. The third kappa shape index (κ3) is 3.83. The summed E-state index contributed by atoms with van der Waals surface area (Å²) in [5, 5.41) is 19.4. The first-order valence-electron chi connectivity index (χ1n) is 5.05. The quantitative estimate of drug-likeness (QED) is 0.364. The summed E-state index contributed by atoms with van der Waals surface area (Å²) in [4.78, 5) is 21.5. The van der Waals surface area contributed by atoms with Crippen molar-refractivity contribution >= 4 is 23.7 Å². The lowest BCUT2D eigenvalue weighted by molar-refractivity contribution is -0.384. The molecule has 0 aliphatic rings. The van der Waals surface area contributed by atoms with E-state index in [2.05, 4.69) is 0 Å². The molecule has 0 radical (unpaired) electrons. The summed E-state index contributed by atoms with van der Waals surface area (Å²) in [5.41, 5.74) is 0.223. The fourth-order valence-corrected chi connectivity index (χ4v) is 2.17. The highest BCUT2D eigenvalue weighted by atomic mass is 32.2. The van der Waals surface area contributed by atoms with E-state index in [9.17, 15) is 14.9 Å². The Kier molecular flexibility index (Phi) is 5.11. The molecule has 1 unspecified atom stereocenters. The highest BCUT2D eigenvalue weighted by Crippen LogP contribution is 2.27. The first kappa shape index (κ1) is 13.7. The highest BCUT2D eigenvalue weighted by Gasteiger charge is 2.11.